The summed E-state index contributed by atoms with van der Waals surface area (Å²) in [5.74, 6) is 0.335. The molecule has 0 saturated carbocycles. The molecule has 1 saturated heterocycles. The van der Waals surface area contributed by atoms with Crippen LogP contribution in [-0.2, 0) is 0 Å². The molecule has 98 valence electrons. The van der Waals surface area contributed by atoms with E-state index in [9.17, 15) is 20.3 Å². The van der Waals surface area contributed by atoms with Gasteiger partial charge in [0.1, 0.15) is 6.20 Å². The van der Waals surface area contributed by atoms with Crippen LogP contribution in [0.15, 0.2) is 6.20 Å². The first kappa shape index (κ1) is 12.5. The van der Waals surface area contributed by atoms with E-state index in [0.717, 1.165) is 6.20 Å². The molecule has 2 rings (SSSR count). The maximum Gasteiger partial charge on any atom is 0.329 e. The second-order valence-electron chi connectivity index (χ2n) is 3.95. The molecule has 1 aliphatic rings. The first-order chi connectivity index (χ1) is 8.52. The second kappa shape index (κ2) is 4.70. The van der Waals surface area contributed by atoms with E-state index in [0.29, 0.717) is 0 Å². The minimum Gasteiger partial charge on any atom is -0.389 e. The molecule has 9 heteroatoms. The standard InChI is InChI=1S/C9H13N5O4/c1-10-9-11-2-5(14(17)18)8(12-9)13-3-6(15)7(16)4-13/h2,6-7,15-16H,3-4H2,1H3,(H,10,11,12). The summed E-state index contributed by atoms with van der Waals surface area (Å²) < 4.78 is 0. The largest absolute Gasteiger partial charge is 0.389 e. The minimum absolute atomic E-state index is 0.0925. The van der Waals surface area contributed by atoms with Crippen molar-refractivity contribution in [2.75, 3.05) is 30.4 Å². The lowest BCUT2D eigenvalue weighted by atomic mass is 10.3. The Hall–Kier alpha value is -2.00. The van der Waals surface area contributed by atoms with Gasteiger partial charge in [0, 0.05) is 20.1 Å². The summed E-state index contributed by atoms with van der Waals surface area (Å²) in [5, 5.41) is 32.5. The Balaban J connectivity index is 2.38. The Morgan fingerprint density at radius 2 is 2.11 bits per heavy atom. The van der Waals surface area contributed by atoms with Crippen molar-refractivity contribution >= 4 is 17.5 Å². The van der Waals surface area contributed by atoms with E-state index in [1.807, 2.05) is 0 Å². The van der Waals surface area contributed by atoms with Gasteiger partial charge >= 0.3 is 5.69 Å². The van der Waals surface area contributed by atoms with E-state index in [-0.39, 0.29) is 30.5 Å². The number of anilines is 2. The van der Waals surface area contributed by atoms with Gasteiger partial charge in [-0.05, 0) is 0 Å². The van der Waals surface area contributed by atoms with E-state index < -0.39 is 17.1 Å². The lowest BCUT2D eigenvalue weighted by Crippen LogP contribution is -2.23. The summed E-state index contributed by atoms with van der Waals surface area (Å²) >= 11 is 0. The summed E-state index contributed by atoms with van der Waals surface area (Å²) in [7, 11) is 1.60. The van der Waals surface area contributed by atoms with Crippen molar-refractivity contribution in [1.29, 1.82) is 0 Å². The van der Waals surface area contributed by atoms with Crippen molar-refractivity contribution in [1.82, 2.24) is 9.97 Å². The predicted molar refractivity (Wildman–Crippen MR) is 62.5 cm³/mol. The SMILES string of the molecule is CNc1ncc([N+](=O)[O-])c(N2CC(O)C(O)C2)n1. The van der Waals surface area contributed by atoms with Gasteiger partial charge in [-0.15, -0.1) is 0 Å². The Bertz CT molecular complexity index is 458. The molecule has 0 spiro atoms. The highest BCUT2D eigenvalue weighted by atomic mass is 16.6. The molecule has 1 aromatic heterocycles. The number of aliphatic hydroxyl groups is 2. The molecule has 2 unspecified atom stereocenters. The van der Waals surface area contributed by atoms with Crippen LogP contribution in [0, 0.1) is 10.1 Å². The third kappa shape index (κ3) is 2.17. The zero-order valence-electron chi connectivity index (χ0n) is 9.65. The number of hydrogen-bond donors (Lipinski definition) is 3. The van der Waals surface area contributed by atoms with Crippen LogP contribution in [-0.4, -0.2) is 57.4 Å². The maximum atomic E-state index is 10.9. The third-order valence-corrected chi connectivity index (χ3v) is 2.73. The second-order valence-corrected chi connectivity index (χ2v) is 3.95. The molecule has 0 aliphatic carbocycles. The molecular weight excluding hydrogens is 242 g/mol. The molecule has 18 heavy (non-hydrogen) atoms. The van der Waals surface area contributed by atoms with Gasteiger partial charge in [-0.25, -0.2) is 4.98 Å². The van der Waals surface area contributed by atoms with E-state index in [4.69, 9.17) is 0 Å². The molecular formula is C9H13N5O4. The van der Waals surface area contributed by atoms with Crippen LogP contribution in [0.4, 0.5) is 17.5 Å². The fraction of sp³-hybridized carbons (Fsp3) is 0.556. The number of nitrogens with one attached hydrogen (secondary N) is 1. The first-order valence-electron chi connectivity index (χ1n) is 5.33. The van der Waals surface area contributed by atoms with Crippen molar-refractivity contribution in [2.45, 2.75) is 12.2 Å². The Morgan fingerprint density at radius 1 is 1.50 bits per heavy atom. The van der Waals surface area contributed by atoms with Gasteiger partial charge in [0.15, 0.2) is 0 Å². The topological polar surface area (TPSA) is 125 Å². The van der Waals surface area contributed by atoms with Gasteiger partial charge in [0.25, 0.3) is 0 Å². The summed E-state index contributed by atoms with van der Waals surface area (Å²) in [5.41, 5.74) is -0.254. The van der Waals surface area contributed by atoms with Crippen molar-refractivity contribution < 1.29 is 15.1 Å². The highest BCUT2D eigenvalue weighted by Gasteiger charge is 2.34. The number of β-amino-alcohol motifs (C(OH)–C–C–N with tert-alkyl or cyclic N) is 2. The zero-order chi connectivity index (χ0) is 13.3. The van der Waals surface area contributed by atoms with Gasteiger partial charge in [-0.2, -0.15) is 4.98 Å². The number of nitrogens with zero attached hydrogens (tertiary/aromatic N) is 4. The van der Waals surface area contributed by atoms with Crippen molar-refractivity contribution in [3.8, 4) is 0 Å². The van der Waals surface area contributed by atoms with Gasteiger partial charge in [-0.1, -0.05) is 0 Å². The molecule has 0 radical (unpaired) electrons. The van der Waals surface area contributed by atoms with Crippen LogP contribution in [0.2, 0.25) is 0 Å². The quantitative estimate of drug-likeness (QED) is 0.462. The van der Waals surface area contributed by atoms with E-state index in [2.05, 4.69) is 15.3 Å². The summed E-state index contributed by atoms with van der Waals surface area (Å²) in [6.07, 6.45) is -0.763. The van der Waals surface area contributed by atoms with Crippen LogP contribution in [0.5, 0.6) is 0 Å². The smallest absolute Gasteiger partial charge is 0.329 e. The molecule has 0 amide bonds. The van der Waals surface area contributed by atoms with Crippen molar-refractivity contribution in [3.63, 3.8) is 0 Å². The Labute approximate surface area is 102 Å². The number of rotatable bonds is 3. The molecule has 0 bridgehead atoms. The predicted octanol–water partition coefficient (Wildman–Crippen LogP) is -1.03. The number of aromatic nitrogens is 2. The molecule has 1 aromatic rings. The average molecular weight is 255 g/mol. The van der Waals surface area contributed by atoms with Gasteiger partial charge in [0.2, 0.25) is 11.8 Å². The van der Waals surface area contributed by atoms with Gasteiger partial charge < -0.3 is 20.4 Å². The third-order valence-electron chi connectivity index (χ3n) is 2.73. The van der Waals surface area contributed by atoms with Crippen LogP contribution in [0.1, 0.15) is 0 Å². The molecule has 2 heterocycles. The normalized spacial score (nSPS) is 23.2. The van der Waals surface area contributed by atoms with Gasteiger partial charge in [0.05, 0.1) is 17.1 Å². The summed E-state index contributed by atoms with van der Waals surface area (Å²) in [6.45, 7) is 0.199. The monoisotopic (exact) mass is 255 g/mol. The van der Waals surface area contributed by atoms with E-state index >= 15 is 0 Å². The summed E-state index contributed by atoms with van der Waals surface area (Å²) in [6, 6.07) is 0. The highest BCUT2D eigenvalue weighted by molar-refractivity contribution is 5.59. The van der Waals surface area contributed by atoms with Crippen LogP contribution < -0.4 is 10.2 Å². The molecule has 2 atom stereocenters. The average Bonchev–Trinajstić information content (AvgIpc) is 2.68. The lowest BCUT2D eigenvalue weighted by molar-refractivity contribution is -0.384. The number of hydrogen-bond acceptors (Lipinski definition) is 8. The Morgan fingerprint density at radius 3 is 2.61 bits per heavy atom. The van der Waals surface area contributed by atoms with Crippen molar-refractivity contribution in [3.05, 3.63) is 16.3 Å². The maximum absolute atomic E-state index is 10.9. The molecule has 1 fully saturated rings. The molecule has 1 aliphatic heterocycles. The van der Waals surface area contributed by atoms with Crippen LogP contribution in [0.3, 0.4) is 0 Å². The molecule has 0 aromatic carbocycles. The number of nitro groups is 1. The van der Waals surface area contributed by atoms with Gasteiger partial charge in [-0.3, -0.25) is 10.1 Å². The first-order valence-corrected chi connectivity index (χ1v) is 5.33. The fourth-order valence-corrected chi connectivity index (χ4v) is 1.79. The minimum atomic E-state index is -0.933. The molecule has 3 N–H and O–H groups in total. The lowest BCUT2D eigenvalue weighted by Gasteiger charge is -2.16. The fourth-order valence-electron chi connectivity index (χ4n) is 1.79. The van der Waals surface area contributed by atoms with E-state index in [1.165, 1.54) is 4.90 Å². The van der Waals surface area contributed by atoms with Crippen LogP contribution >= 0.6 is 0 Å². The Kier molecular flexibility index (Phi) is 3.26. The van der Waals surface area contributed by atoms with E-state index in [1.54, 1.807) is 7.05 Å². The van der Waals surface area contributed by atoms with Crippen LogP contribution in [0.25, 0.3) is 0 Å². The highest BCUT2D eigenvalue weighted by Crippen LogP contribution is 2.28. The summed E-state index contributed by atoms with van der Waals surface area (Å²) in [4.78, 5) is 19.5. The molecule has 9 nitrogen and oxygen atoms in total. The zero-order valence-corrected chi connectivity index (χ0v) is 9.65. The van der Waals surface area contributed by atoms with Crippen molar-refractivity contribution in [2.24, 2.45) is 0 Å². The number of aliphatic hydroxyl groups excluding tert-OH is 2.